The summed E-state index contributed by atoms with van der Waals surface area (Å²) in [6.07, 6.45) is 56.5. The SMILES string of the molecule is CCCCCCC/C=C\CCCCCCCC(=O)OCCCCCCCCCCC/C=C\C/C=C\CCCCCCCCCC(=O)NC(COC1OC(CO)C(O)C(O)C1O)C(O)/C=C/CCCCCCCCC. The minimum absolute atomic E-state index is 0.0138. The van der Waals surface area contributed by atoms with Crippen LogP contribution in [0, 0.1) is 0 Å². The number of ether oxygens (including phenoxy) is 3. The average Bonchev–Trinajstić information content (AvgIpc) is 3.40. The van der Waals surface area contributed by atoms with Gasteiger partial charge in [-0.2, -0.15) is 0 Å². The molecule has 1 amide bonds. The predicted molar refractivity (Wildman–Crippen MR) is 306 cm³/mol. The number of aliphatic hydroxyl groups is 5. The number of aliphatic hydroxyl groups excluding tert-OH is 5. The van der Waals surface area contributed by atoms with Gasteiger partial charge in [-0.15, -0.1) is 0 Å². The van der Waals surface area contributed by atoms with Gasteiger partial charge < -0.3 is 45.1 Å². The van der Waals surface area contributed by atoms with E-state index in [9.17, 15) is 35.1 Å². The first-order valence-corrected chi connectivity index (χ1v) is 30.9. The largest absolute Gasteiger partial charge is 0.466 e. The molecule has 0 radical (unpaired) electrons. The number of rotatable bonds is 53. The molecular weight excluding hydrogens is 931 g/mol. The fraction of sp³-hybridized carbons (Fsp3) is 0.841. The Labute approximate surface area is 453 Å². The van der Waals surface area contributed by atoms with Crippen LogP contribution in [-0.2, 0) is 23.8 Å². The molecular formula is C63H115NO10. The van der Waals surface area contributed by atoms with E-state index >= 15 is 0 Å². The van der Waals surface area contributed by atoms with Gasteiger partial charge in [0, 0.05) is 12.8 Å². The average molecular weight is 1050 g/mol. The maximum Gasteiger partial charge on any atom is 0.305 e. The molecule has 0 spiro atoms. The smallest absolute Gasteiger partial charge is 0.305 e. The van der Waals surface area contributed by atoms with Crippen molar-refractivity contribution in [3.8, 4) is 0 Å². The highest BCUT2D eigenvalue weighted by molar-refractivity contribution is 5.76. The molecule has 432 valence electrons. The van der Waals surface area contributed by atoms with Crippen molar-refractivity contribution in [1.29, 1.82) is 0 Å². The van der Waals surface area contributed by atoms with Crippen LogP contribution in [0.3, 0.4) is 0 Å². The number of nitrogens with one attached hydrogen (secondary N) is 1. The van der Waals surface area contributed by atoms with Crippen LogP contribution in [0.4, 0.5) is 0 Å². The molecule has 0 aromatic heterocycles. The number of esters is 1. The zero-order valence-electron chi connectivity index (χ0n) is 47.6. The first-order chi connectivity index (χ1) is 36.2. The fourth-order valence-electron chi connectivity index (χ4n) is 9.46. The summed E-state index contributed by atoms with van der Waals surface area (Å²) in [4.78, 5) is 25.0. The molecule has 0 bridgehead atoms. The lowest BCUT2D eigenvalue weighted by molar-refractivity contribution is -0.302. The van der Waals surface area contributed by atoms with Gasteiger partial charge in [0.25, 0.3) is 0 Å². The fourth-order valence-corrected chi connectivity index (χ4v) is 9.46. The Balaban J connectivity index is 2.02. The molecule has 11 nitrogen and oxygen atoms in total. The Morgan fingerprint density at radius 1 is 0.500 bits per heavy atom. The van der Waals surface area contributed by atoms with E-state index in [0.29, 0.717) is 19.4 Å². The second-order valence-electron chi connectivity index (χ2n) is 21.4. The molecule has 7 atom stereocenters. The van der Waals surface area contributed by atoms with Crippen LogP contribution in [0.2, 0.25) is 0 Å². The standard InChI is InChI=1S/C63H115NO10/c1-3-5-7-9-11-13-14-15-28-31-35-39-43-47-51-59(68)72-52-48-44-40-36-32-29-26-24-22-20-18-16-17-19-21-23-25-27-30-34-38-42-46-50-58(67)64-55(56(66)49-45-41-37-33-12-10-8-6-4-2)54-73-63-62(71)61(70)60(69)57(53-65)74-63/h14-16,18-19,21,45,49,55-57,60-63,65-66,69-71H,3-13,17,20,22-44,46-48,50-54H2,1-2H3,(H,64,67)/b15-14-,18-16-,21-19-,49-45+. The molecule has 11 heteroatoms. The van der Waals surface area contributed by atoms with Crippen molar-refractivity contribution in [2.45, 2.75) is 320 Å². The molecule has 74 heavy (non-hydrogen) atoms. The third kappa shape index (κ3) is 41.7. The van der Waals surface area contributed by atoms with Crippen molar-refractivity contribution in [2.75, 3.05) is 19.8 Å². The molecule has 0 saturated carbocycles. The zero-order valence-corrected chi connectivity index (χ0v) is 47.6. The lowest BCUT2D eigenvalue weighted by Crippen LogP contribution is -2.60. The van der Waals surface area contributed by atoms with Gasteiger partial charge in [-0.1, -0.05) is 223 Å². The molecule has 0 aliphatic carbocycles. The van der Waals surface area contributed by atoms with Gasteiger partial charge in [0.1, 0.15) is 24.4 Å². The summed E-state index contributed by atoms with van der Waals surface area (Å²) >= 11 is 0. The van der Waals surface area contributed by atoms with Gasteiger partial charge in [-0.25, -0.2) is 0 Å². The summed E-state index contributed by atoms with van der Waals surface area (Å²) < 4.78 is 16.7. The van der Waals surface area contributed by atoms with Gasteiger partial charge in [0.15, 0.2) is 6.29 Å². The van der Waals surface area contributed by atoms with Crippen LogP contribution in [0.25, 0.3) is 0 Å². The molecule has 1 saturated heterocycles. The van der Waals surface area contributed by atoms with Crippen LogP contribution in [-0.4, -0.2) is 100 Å². The quantitative estimate of drug-likeness (QED) is 0.0195. The van der Waals surface area contributed by atoms with Gasteiger partial charge in [-0.05, 0) is 89.9 Å². The minimum Gasteiger partial charge on any atom is -0.466 e. The first-order valence-electron chi connectivity index (χ1n) is 30.9. The molecule has 0 aromatic carbocycles. The van der Waals surface area contributed by atoms with E-state index in [0.717, 1.165) is 83.5 Å². The maximum absolute atomic E-state index is 13.0. The molecule has 1 aliphatic heterocycles. The van der Waals surface area contributed by atoms with Crippen molar-refractivity contribution in [3.63, 3.8) is 0 Å². The molecule has 7 unspecified atom stereocenters. The van der Waals surface area contributed by atoms with Crippen LogP contribution in [0.15, 0.2) is 48.6 Å². The van der Waals surface area contributed by atoms with E-state index in [2.05, 4.69) is 55.6 Å². The molecule has 1 fully saturated rings. The van der Waals surface area contributed by atoms with Gasteiger partial charge in [0.2, 0.25) is 5.91 Å². The van der Waals surface area contributed by atoms with E-state index in [-0.39, 0.29) is 18.5 Å². The van der Waals surface area contributed by atoms with Crippen molar-refractivity contribution < 1.29 is 49.3 Å². The van der Waals surface area contributed by atoms with Crippen molar-refractivity contribution in [1.82, 2.24) is 5.32 Å². The highest BCUT2D eigenvalue weighted by Crippen LogP contribution is 2.23. The Kier molecular flexibility index (Phi) is 49.6. The number of hydrogen-bond donors (Lipinski definition) is 6. The number of allylic oxidation sites excluding steroid dienone is 7. The number of unbranched alkanes of at least 4 members (excludes halogenated alkanes) is 33. The number of amides is 1. The van der Waals surface area contributed by atoms with Crippen molar-refractivity contribution >= 4 is 11.9 Å². The normalized spacial score (nSPS) is 19.1. The third-order valence-electron chi connectivity index (χ3n) is 14.4. The number of carbonyl (C=O) groups is 2. The van der Waals surface area contributed by atoms with E-state index in [1.54, 1.807) is 6.08 Å². The molecule has 1 heterocycles. The minimum atomic E-state index is -1.57. The van der Waals surface area contributed by atoms with Crippen LogP contribution in [0.1, 0.15) is 277 Å². The topological polar surface area (TPSA) is 175 Å². The second kappa shape index (κ2) is 52.7. The summed E-state index contributed by atoms with van der Waals surface area (Å²) in [5, 5.41) is 54.2. The lowest BCUT2D eigenvalue weighted by Gasteiger charge is -2.40. The van der Waals surface area contributed by atoms with Crippen molar-refractivity contribution in [2.24, 2.45) is 0 Å². The maximum atomic E-state index is 13.0. The summed E-state index contributed by atoms with van der Waals surface area (Å²) in [6.45, 7) is 4.29. The van der Waals surface area contributed by atoms with Gasteiger partial charge >= 0.3 is 5.97 Å². The Bertz CT molecular complexity index is 1370. The van der Waals surface area contributed by atoms with Crippen molar-refractivity contribution in [3.05, 3.63) is 48.6 Å². The summed E-state index contributed by atoms with van der Waals surface area (Å²) in [7, 11) is 0. The summed E-state index contributed by atoms with van der Waals surface area (Å²) in [5.74, 6) is -0.209. The van der Waals surface area contributed by atoms with Crippen LogP contribution in [0.5, 0.6) is 0 Å². The zero-order chi connectivity index (χ0) is 53.8. The molecule has 6 N–H and O–H groups in total. The van der Waals surface area contributed by atoms with Crippen LogP contribution >= 0.6 is 0 Å². The van der Waals surface area contributed by atoms with E-state index < -0.39 is 49.5 Å². The van der Waals surface area contributed by atoms with Gasteiger partial charge in [-0.3, -0.25) is 9.59 Å². The second-order valence-corrected chi connectivity index (χ2v) is 21.4. The predicted octanol–water partition coefficient (Wildman–Crippen LogP) is 14.5. The summed E-state index contributed by atoms with van der Waals surface area (Å²) in [6, 6.07) is -0.817. The summed E-state index contributed by atoms with van der Waals surface area (Å²) in [5.41, 5.74) is 0. The number of carbonyl (C=O) groups excluding carboxylic acids is 2. The van der Waals surface area contributed by atoms with Crippen LogP contribution < -0.4 is 5.32 Å². The molecule has 1 aliphatic rings. The van der Waals surface area contributed by atoms with Gasteiger partial charge in [0.05, 0.1) is 32.0 Å². The Hall–Kier alpha value is -2.38. The Morgan fingerprint density at radius 2 is 0.905 bits per heavy atom. The third-order valence-corrected chi connectivity index (χ3v) is 14.4. The molecule has 1 rings (SSSR count). The highest BCUT2D eigenvalue weighted by Gasteiger charge is 2.44. The van der Waals surface area contributed by atoms with E-state index in [1.807, 2.05) is 6.08 Å². The Morgan fingerprint density at radius 3 is 1.38 bits per heavy atom. The monoisotopic (exact) mass is 1050 g/mol. The molecule has 0 aromatic rings. The lowest BCUT2D eigenvalue weighted by atomic mass is 9.99. The first kappa shape index (κ1) is 69.6. The number of hydrogen-bond acceptors (Lipinski definition) is 10. The van der Waals surface area contributed by atoms with E-state index in [1.165, 1.54) is 167 Å². The highest BCUT2D eigenvalue weighted by atomic mass is 16.7. The van der Waals surface area contributed by atoms with E-state index in [4.69, 9.17) is 14.2 Å².